The third-order valence-corrected chi connectivity index (χ3v) is 4.27. The minimum Gasteiger partial charge on any atom is -0.350 e. The van der Waals surface area contributed by atoms with Crippen molar-refractivity contribution in [3.8, 4) is 0 Å². The second kappa shape index (κ2) is 8.61. The number of para-hydroxylation sites is 1. The number of hydrogen-bond donors (Lipinski definition) is 1. The van der Waals surface area contributed by atoms with Gasteiger partial charge >= 0.3 is 0 Å². The Morgan fingerprint density at radius 1 is 1.12 bits per heavy atom. The van der Waals surface area contributed by atoms with Crippen LogP contribution in [-0.4, -0.2) is 24.9 Å². The number of carbonyl (C=O) groups is 2. The molecule has 2 rings (SSSR count). The Kier molecular flexibility index (Phi) is 6.50. The van der Waals surface area contributed by atoms with E-state index >= 15 is 0 Å². The van der Waals surface area contributed by atoms with Gasteiger partial charge in [-0.2, -0.15) is 0 Å². The van der Waals surface area contributed by atoms with Crippen LogP contribution in [0.5, 0.6) is 0 Å². The molecular formula is C21H25FN2O2. The summed E-state index contributed by atoms with van der Waals surface area (Å²) in [6.45, 7) is 8.36. The normalized spacial score (nSPS) is 10.7. The monoisotopic (exact) mass is 356 g/mol. The van der Waals surface area contributed by atoms with Gasteiger partial charge in [-0.05, 0) is 48.2 Å². The zero-order chi connectivity index (χ0) is 19.3. The van der Waals surface area contributed by atoms with E-state index in [0.717, 1.165) is 16.8 Å². The van der Waals surface area contributed by atoms with Crippen molar-refractivity contribution in [3.05, 3.63) is 65.0 Å². The summed E-state index contributed by atoms with van der Waals surface area (Å²) >= 11 is 0. The summed E-state index contributed by atoms with van der Waals surface area (Å²) in [5.41, 5.74) is 3.42. The number of aryl methyl sites for hydroxylation is 1. The maximum Gasteiger partial charge on any atom is 0.251 e. The van der Waals surface area contributed by atoms with Crippen molar-refractivity contribution in [1.29, 1.82) is 0 Å². The van der Waals surface area contributed by atoms with Gasteiger partial charge in [0.15, 0.2) is 0 Å². The highest BCUT2D eigenvalue weighted by molar-refractivity contribution is 5.95. The van der Waals surface area contributed by atoms with E-state index in [1.165, 1.54) is 31.2 Å². The molecule has 0 fully saturated rings. The molecule has 0 aliphatic heterocycles. The van der Waals surface area contributed by atoms with Crippen LogP contribution in [0.1, 0.15) is 48.2 Å². The fourth-order valence-corrected chi connectivity index (χ4v) is 2.93. The van der Waals surface area contributed by atoms with E-state index in [0.29, 0.717) is 18.7 Å². The Morgan fingerprint density at radius 3 is 2.35 bits per heavy atom. The van der Waals surface area contributed by atoms with Crippen LogP contribution in [0.3, 0.4) is 0 Å². The number of nitrogens with one attached hydrogen (secondary N) is 1. The number of nitrogens with zero attached hydrogens (tertiary/aromatic N) is 1. The van der Waals surface area contributed by atoms with E-state index < -0.39 is 0 Å². The molecule has 0 heterocycles. The van der Waals surface area contributed by atoms with E-state index in [1.807, 2.05) is 25.1 Å². The van der Waals surface area contributed by atoms with Crippen LogP contribution in [0.15, 0.2) is 42.5 Å². The van der Waals surface area contributed by atoms with Gasteiger partial charge in [0, 0.05) is 25.6 Å². The zero-order valence-corrected chi connectivity index (χ0v) is 15.7. The SMILES string of the molecule is CC(=O)N(CCNC(=O)c1ccc(F)cc1)c1c(C)cccc1C(C)C. The van der Waals surface area contributed by atoms with Gasteiger partial charge in [0.05, 0.1) is 5.69 Å². The van der Waals surface area contributed by atoms with Crippen molar-refractivity contribution in [2.75, 3.05) is 18.0 Å². The number of carbonyl (C=O) groups excluding carboxylic acids is 2. The van der Waals surface area contributed by atoms with Gasteiger partial charge in [0.25, 0.3) is 5.91 Å². The van der Waals surface area contributed by atoms with Crippen LogP contribution < -0.4 is 10.2 Å². The molecule has 5 heteroatoms. The molecule has 0 saturated carbocycles. The molecule has 4 nitrogen and oxygen atoms in total. The van der Waals surface area contributed by atoms with Crippen LogP contribution in [0.4, 0.5) is 10.1 Å². The lowest BCUT2D eigenvalue weighted by atomic mass is 9.97. The lowest BCUT2D eigenvalue weighted by Gasteiger charge is -2.27. The van der Waals surface area contributed by atoms with Gasteiger partial charge in [-0.25, -0.2) is 4.39 Å². The maximum absolute atomic E-state index is 12.9. The lowest BCUT2D eigenvalue weighted by Crippen LogP contribution is -2.38. The third kappa shape index (κ3) is 4.69. The van der Waals surface area contributed by atoms with Crippen LogP contribution in [-0.2, 0) is 4.79 Å². The van der Waals surface area contributed by atoms with E-state index in [-0.39, 0.29) is 23.5 Å². The average Bonchev–Trinajstić information content (AvgIpc) is 2.59. The van der Waals surface area contributed by atoms with Crippen LogP contribution >= 0.6 is 0 Å². The first kappa shape index (κ1) is 19.6. The second-order valence-corrected chi connectivity index (χ2v) is 6.60. The van der Waals surface area contributed by atoms with Crippen molar-refractivity contribution in [2.24, 2.45) is 0 Å². The molecule has 0 saturated heterocycles. The zero-order valence-electron chi connectivity index (χ0n) is 15.7. The molecule has 2 amide bonds. The molecule has 2 aromatic carbocycles. The fraction of sp³-hybridized carbons (Fsp3) is 0.333. The molecule has 26 heavy (non-hydrogen) atoms. The summed E-state index contributed by atoms with van der Waals surface area (Å²) in [6.07, 6.45) is 0. The molecule has 0 aliphatic carbocycles. The van der Waals surface area contributed by atoms with Gasteiger partial charge in [0.1, 0.15) is 5.82 Å². The number of anilines is 1. The molecule has 138 valence electrons. The number of halogens is 1. The molecule has 0 unspecified atom stereocenters. The largest absolute Gasteiger partial charge is 0.350 e. The quantitative estimate of drug-likeness (QED) is 0.849. The summed E-state index contributed by atoms with van der Waals surface area (Å²) in [7, 11) is 0. The predicted octanol–water partition coefficient (Wildman–Crippen LogP) is 4.04. The topological polar surface area (TPSA) is 49.4 Å². The standard InChI is InChI=1S/C21H25FN2O2/c1-14(2)19-7-5-6-15(3)20(19)24(16(4)25)13-12-23-21(26)17-8-10-18(22)11-9-17/h5-11,14H,12-13H2,1-4H3,(H,23,26). The average molecular weight is 356 g/mol. The van der Waals surface area contributed by atoms with Crippen LogP contribution in [0.25, 0.3) is 0 Å². The molecule has 0 aliphatic rings. The highest BCUT2D eigenvalue weighted by atomic mass is 19.1. The van der Waals surface area contributed by atoms with Gasteiger partial charge in [0.2, 0.25) is 5.91 Å². The van der Waals surface area contributed by atoms with Crippen LogP contribution in [0, 0.1) is 12.7 Å². The van der Waals surface area contributed by atoms with E-state index in [2.05, 4.69) is 19.2 Å². The highest BCUT2D eigenvalue weighted by Crippen LogP contribution is 2.30. The minimum atomic E-state index is -0.384. The van der Waals surface area contributed by atoms with Crippen molar-refractivity contribution in [1.82, 2.24) is 5.32 Å². The molecular weight excluding hydrogens is 331 g/mol. The highest BCUT2D eigenvalue weighted by Gasteiger charge is 2.19. The van der Waals surface area contributed by atoms with E-state index in [4.69, 9.17) is 0 Å². The molecule has 1 N–H and O–H groups in total. The number of hydrogen-bond acceptors (Lipinski definition) is 2. The Balaban J connectivity index is 2.12. The van der Waals surface area contributed by atoms with Crippen molar-refractivity contribution < 1.29 is 14.0 Å². The molecule has 0 radical (unpaired) electrons. The molecule has 0 spiro atoms. The minimum absolute atomic E-state index is 0.0720. The summed E-state index contributed by atoms with van der Waals surface area (Å²) in [5, 5.41) is 2.79. The Labute approximate surface area is 154 Å². The first-order chi connectivity index (χ1) is 12.3. The fourth-order valence-electron chi connectivity index (χ4n) is 2.93. The van der Waals surface area contributed by atoms with Crippen molar-refractivity contribution >= 4 is 17.5 Å². The Morgan fingerprint density at radius 2 is 1.77 bits per heavy atom. The Bertz CT molecular complexity index is 785. The van der Waals surface area contributed by atoms with E-state index in [9.17, 15) is 14.0 Å². The summed E-state index contributed by atoms with van der Waals surface area (Å²) in [5.74, 6) is -0.467. The first-order valence-electron chi connectivity index (χ1n) is 8.72. The summed E-state index contributed by atoms with van der Waals surface area (Å²) in [4.78, 5) is 26.1. The van der Waals surface area contributed by atoms with Gasteiger partial charge in [-0.15, -0.1) is 0 Å². The Hall–Kier alpha value is -2.69. The second-order valence-electron chi connectivity index (χ2n) is 6.60. The molecule has 0 atom stereocenters. The smallest absolute Gasteiger partial charge is 0.251 e. The third-order valence-electron chi connectivity index (χ3n) is 4.27. The van der Waals surface area contributed by atoms with Gasteiger partial charge in [-0.1, -0.05) is 32.0 Å². The summed E-state index contributed by atoms with van der Waals surface area (Å²) < 4.78 is 12.9. The van der Waals surface area contributed by atoms with Gasteiger partial charge in [-0.3, -0.25) is 9.59 Å². The predicted molar refractivity (Wildman–Crippen MR) is 102 cm³/mol. The van der Waals surface area contributed by atoms with E-state index in [1.54, 1.807) is 4.90 Å². The molecule has 2 aromatic rings. The maximum atomic E-state index is 12.9. The molecule has 0 bridgehead atoms. The van der Waals surface area contributed by atoms with Crippen molar-refractivity contribution in [2.45, 2.75) is 33.6 Å². The number of amides is 2. The first-order valence-corrected chi connectivity index (χ1v) is 8.72. The van der Waals surface area contributed by atoms with Crippen LogP contribution in [0.2, 0.25) is 0 Å². The lowest BCUT2D eigenvalue weighted by molar-refractivity contribution is -0.116. The van der Waals surface area contributed by atoms with Gasteiger partial charge < -0.3 is 10.2 Å². The number of rotatable bonds is 6. The summed E-state index contributed by atoms with van der Waals surface area (Å²) in [6, 6.07) is 11.4. The molecule has 0 aromatic heterocycles. The van der Waals surface area contributed by atoms with Crippen molar-refractivity contribution in [3.63, 3.8) is 0 Å². The number of benzene rings is 2.